The summed E-state index contributed by atoms with van der Waals surface area (Å²) in [6, 6.07) is 6.48. The molecule has 2 aliphatic heterocycles. The zero-order valence-electron chi connectivity index (χ0n) is 13.6. The maximum absolute atomic E-state index is 5.69. The third-order valence-corrected chi connectivity index (χ3v) is 5.04. The molecule has 1 aliphatic carbocycles. The van der Waals surface area contributed by atoms with E-state index in [0.29, 0.717) is 19.1 Å². The molecule has 6 nitrogen and oxygen atoms in total. The van der Waals surface area contributed by atoms with Crippen molar-refractivity contribution in [3.63, 3.8) is 0 Å². The lowest BCUT2D eigenvalue weighted by Gasteiger charge is -2.23. The third kappa shape index (κ3) is 2.65. The highest BCUT2D eigenvalue weighted by Crippen LogP contribution is 2.40. The number of nitrogens with zero attached hydrogens (tertiary/aromatic N) is 3. The molecule has 1 aromatic carbocycles. The number of benzene rings is 1. The number of fused-ring (bicyclic) bond motifs is 1. The Labute approximate surface area is 140 Å². The highest BCUT2D eigenvalue weighted by Gasteiger charge is 2.34. The molecule has 126 valence electrons. The lowest BCUT2D eigenvalue weighted by Crippen LogP contribution is -2.24. The van der Waals surface area contributed by atoms with Crippen LogP contribution in [0, 0.1) is 0 Å². The molecule has 6 heteroatoms. The van der Waals surface area contributed by atoms with E-state index in [2.05, 4.69) is 27.2 Å². The van der Waals surface area contributed by atoms with E-state index in [4.69, 9.17) is 14.0 Å². The van der Waals surface area contributed by atoms with Crippen LogP contribution in [0.2, 0.25) is 0 Å². The number of likely N-dealkylation sites (tertiary alicyclic amines) is 1. The molecule has 2 fully saturated rings. The Bertz CT molecular complexity index is 741. The Balaban J connectivity index is 1.33. The minimum atomic E-state index is 0.259. The second kappa shape index (κ2) is 5.77. The first-order chi connectivity index (χ1) is 11.9. The third-order valence-electron chi connectivity index (χ3n) is 5.04. The number of rotatable bonds is 4. The van der Waals surface area contributed by atoms with Gasteiger partial charge in [-0.2, -0.15) is 4.98 Å². The van der Waals surface area contributed by atoms with Gasteiger partial charge in [-0.25, -0.2) is 0 Å². The largest absolute Gasteiger partial charge is 0.486 e. The fraction of sp³-hybridized carbons (Fsp3) is 0.556. The van der Waals surface area contributed by atoms with Gasteiger partial charge in [-0.3, -0.25) is 4.90 Å². The van der Waals surface area contributed by atoms with Crippen molar-refractivity contribution >= 4 is 0 Å². The smallest absolute Gasteiger partial charge is 0.229 e. The normalized spacial score (nSPS) is 23.6. The van der Waals surface area contributed by atoms with Crippen molar-refractivity contribution in [2.75, 3.05) is 19.8 Å². The zero-order valence-corrected chi connectivity index (χ0v) is 13.6. The molecular weight excluding hydrogens is 306 g/mol. The van der Waals surface area contributed by atoms with Gasteiger partial charge in [0.05, 0.1) is 6.04 Å². The van der Waals surface area contributed by atoms with Gasteiger partial charge >= 0.3 is 0 Å². The van der Waals surface area contributed by atoms with Gasteiger partial charge in [-0.15, -0.1) is 0 Å². The van der Waals surface area contributed by atoms with Gasteiger partial charge in [0, 0.05) is 12.5 Å². The van der Waals surface area contributed by atoms with Gasteiger partial charge in [0.15, 0.2) is 17.3 Å². The SMILES string of the molecule is c1cc2c(cc1CN1CCCC1c1noc(C3CC3)n1)OCCO2. The van der Waals surface area contributed by atoms with Crippen LogP contribution < -0.4 is 9.47 Å². The summed E-state index contributed by atoms with van der Waals surface area (Å²) in [5.74, 6) is 3.89. The minimum Gasteiger partial charge on any atom is -0.486 e. The summed E-state index contributed by atoms with van der Waals surface area (Å²) in [5.41, 5.74) is 1.23. The average Bonchev–Trinajstić information content (AvgIpc) is 3.16. The summed E-state index contributed by atoms with van der Waals surface area (Å²) in [6.07, 6.45) is 4.64. The lowest BCUT2D eigenvalue weighted by atomic mass is 10.1. The maximum Gasteiger partial charge on any atom is 0.229 e. The van der Waals surface area contributed by atoms with Crippen LogP contribution in [-0.4, -0.2) is 34.8 Å². The first kappa shape index (κ1) is 14.3. The van der Waals surface area contributed by atoms with Crippen LogP contribution in [0.5, 0.6) is 11.5 Å². The second-order valence-electron chi connectivity index (χ2n) is 6.87. The Kier molecular flexibility index (Phi) is 3.43. The summed E-state index contributed by atoms with van der Waals surface area (Å²) in [4.78, 5) is 7.09. The number of hydrogen-bond acceptors (Lipinski definition) is 6. The molecular formula is C18H21N3O3. The van der Waals surface area contributed by atoms with E-state index in [-0.39, 0.29) is 6.04 Å². The summed E-state index contributed by atoms with van der Waals surface area (Å²) < 4.78 is 16.7. The van der Waals surface area contributed by atoms with Crippen molar-refractivity contribution in [3.8, 4) is 11.5 Å². The number of ether oxygens (including phenoxy) is 2. The van der Waals surface area contributed by atoms with Crippen LogP contribution >= 0.6 is 0 Å². The molecule has 1 atom stereocenters. The van der Waals surface area contributed by atoms with E-state index >= 15 is 0 Å². The van der Waals surface area contributed by atoms with Crippen molar-refractivity contribution in [1.82, 2.24) is 15.0 Å². The van der Waals surface area contributed by atoms with Crippen LogP contribution in [-0.2, 0) is 6.54 Å². The van der Waals surface area contributed by atoms with Crippen molar-refractivity contribution in [1.29, 1.82) is 0 Å². The maximum atomic E-state index is 5.69. The van der Waals surface area contributed by atoms with E-state index < -0.39 is 0 Å². The van der Waals surface area contributed by atoms with E-state index in [1.807, 2.05) is 6.07 Å². The molecule has 3 heterocycles. The van der Waals surface area contributed by atoms with Gasteiger partial charge in [0.1, 0.15) is 13.2 Å². The minimum absolute atomic E-state index is 0.259. The van der Waals surface area contributed by atoms with Gasteiger partial charge in [-0.05, 0) is 49.9 Å². The zero-order chi connectivity index (χ0) is 15.9. The van der Waals surface area contributed by atoms with Gasteiger partial charge < -0.3 is 14.0 Å². The molecule has 1 saturated carbocycles. The molecule has 0 radical (unpaired) electrons. The molecule has 1 saturated heterocycles. The molecule has 3 aliphatic rings. The van der Waals surface area contributed by atoms with Crippen molar-refractivity contribution in [2.24, 2.45) is 0 Å². The standard InChI is InChI=1S/C18H21N3O3/c1-2-14(17-19-18(24-20-17)13-4-5-13)21(7-1)11-12-3-6-15-16(10-12)23-9-8-22-15/h3,6,10,13-14H,1-2,4-5,7-9,11H2. The summed E-state index contributed by atoms with van der Waals surface area (Å²) in [7, 11) is 0. The highest BCUT2D eigenvalue weighted by atomic mass is 16.6. The summed E-state index contributed by atoms with van der Waals surface area (Å²) >= 11 is 0. The molecule has 0 N–H and O–H groups in total. The quantitative estimate of drug-likeness (QED) is 0.860. The highest BCUT2D eigenvalue weighted by molar-refractivity contribution is 5.43. The summed E-state index contributed by atoms with van der Waals surface area (Å²) in [6.45, 7) is 3.18. The molecule has 0 bridgehead atoms. The monoisotopic (exact) mass is 327 g/mol. The van der Waals surface area contributed by atoms with Crippen LogP contribution in [0.1, 0.15) is 54.9 Å². The molecule has 0 amide bonds. The summed E-state index contributed by atoms with van der Waals surface area (Å²) in [5, 5.41) is 4.25. The van der Waals surface area contributed by atoms with E-state index in [0.717, 1.165) is 42.7 Å². The Morgan fingerprint density at radius 1 is 1.08 bits per heavy atom. The first-order valence-corrected chi connectivity index (χ1v) is 8.83. The van der Waals surface area contributed by atoms with Crippen LogP contribution in [0.4, 0.5) is 0 Å². The lowest BCUT2D eigenvalue weighted by molar-refractivity contribution is 0.170. The van der Waals surface area contributed by atoms with Crippen molar-refractivity contribution < 1.29 is 14.0 Å². The van der Waals surface area contributed by atoms with Gasteiger partial charge in [-0.1, -0.05) is 11.2 Å². The van der Waals surface area contributed by atoms with Crippen LogP contribution in [0.25, 0.3) is 0 Å². The number of aromatic nitrogens is 2. The van der Waals surface area contributed by atoms with Gasteiger partial charge in [0.2, 0.25) is 5.89 Å². The fourth-order valence-corrected chi connectivity index (χ4v) is 3.61. The molecule has 1 aromatic heterocycles. The fourth-order valence-electron chi connectivity index (χ4n) is 3.61. The second-order valence-corrected chi connectivity index (χ2v) is 6.87. The van der Waals surface area contributed by atoms with Crippen LogP contribution in [0.3, 0.4) is 0 Å². The van der Waals surface area contributed by atoms with Gasteiger partial charge in [0.25, 0.3) is 0 Å². The predicted molar refractivity (Wildman–Crippen MR) is 86.1 cm³/mol. The number of hydrogen-bond donors (Lipinski definition) is 0. The first-order valence-electron chi connectivity index (χ1n) is 8.83. The molecule has 1 unspecified atom stereocenters. The topological polar surface area (TPSA) is 60.6 Å². The van der Waals surface area contributed by atoms with Crippen molar-refractivity contribution in [2.45, 2.75) is 44.2 Å². The molecule has 24 heavy (non-hydrogen) atoms. The Morgan fingerprint density at radius 2 is 1.96 bits per heavy atom. The Hall–Kier alpha value is -2.08. The molecule has 0 spiro atoms. The van der Waals surface area contributed by atoms with Crippen LogP contribution in [0.15, 0.2) is 22.7 Å². The molecule has 5 rings (SSSR count). The van der Waals surface area contributed by atoms with E-state index in [1.54, 1.807) is 0 Å². The Morgan fingerprint density at radius 3 is 2.83 bits per heavy atom. The predicted octanol–water partition coefficient (Wildman–Crippen LogP) is 3.06. The van der Waals surface area contributed by atoms with E-state index in [1.165, 1.54) is 24.8 Å². The van der Waals surface area contributed by atoms with E-state index in [9.17, 15) is 0 Å². The average molecular weight is 327 g/mol. The van der Waals surface area contributed by atoms with Crippen molar-refractivity contribution in [3.05, 3.63) is 35.5 Å². The molecule has 2 aromatic rings.